The predicted octanol–water partition coefficient (Wildman–Crippen LogP) is 6.70. The van der Waals surface area contributed by atoms with Gasteiger partial charge in [0.2, 0.25) is 0 Å². The maximum Gasteiger partial charge on any atom is 0.0758 e. The molecule has 1 nitrogen and oxygen atoms in total. The highest BCUT2D eigenvalue weighted by molar-refractivity contribution is 5.05. The summed E-state index contributed by atoms with van der Waals surface area (Å²) >= 11 is 0. The Labute approximate surface area is 135 Å². The Morgan fingerprint density at radius 2 is 0.476 bits per heavy atom. The van der Waals surface area contributed by atoms with E-state index in [0.29, 0.717) is 0 Å². The molecule has 0 rings (SSSR count). The van der Waals surface area contributed by atoms with Crippen molar-refractivity contribution < 1.29 is 4.74 Å². The molecule has 0 unspecified atom stereocenters. The zero-order chi connectivity index (χ0) is 17.7. The molecule has 0 saturated heterocycles. The van der Waals surface area contributed by atoms with Gasteiger partial charge in [-0.2, -0.15) is 0 Å². The molecule has 0 spiro atoms. The highest BCUT2D eigenvalue weighted by Crippen LogP contribution is 2.55. The van der Waals surface area contributed by atoms with Crippen LogP contribution in [0.2, 0.25) is 0 Å². The summed E-state index contributed by atoms with van der Waals surface area (Å²) in [7, 11) is 0. The summed E-state index contributed by atoms with van der Waals surface area (Å²) in [6, 6.07) is 0. The first-order valence-electron chi connectivity index (χ1n) is 8.41. The van der Waals surface area contributed by atoms with Crippen molar-refractivity contribution in [1.29, 1.82) is 0 Å². The highest BCUT2D eigenvalue weighted by atomic mass is 16.5. The van der Waals surface area contributed by atoms with E-state index in [1.165, 1.54) is 0 Å². The first kappa shape index (κ1) is 21.0. The van der Waals surface area contributed by atoms with Crippen LogP contribution in [-0.2, 0) is 4.74 Å². The van der Waals surface area contributed by atoms with E-state index in [1.807, 2.05) is 0 Å². The molecule has 21 heavy (non-hydrogen) atoms. The van der Waals surface area contributed by atoms with Crippen LogP contribution in [0.5, 0.6) is 0 Å². The van der Waals surface area contributed by atoms with Gasteiger partial charge in [-0.1, -0.05) is 83.1 Å². The minimum absolute atomic E-state index is 0.0585. The lowest BCUT2D eigenvalue weighted by Crippen LogP contribution is -2.63. The van der Waals surface area contributed by atoms with Crippen molar-refractivity contribution in [2.45, 2.75) is 108 Å². The van der Waals surface area contributed by atoms with Crippen LogP contribution in [0.25, 0.3) is 0 Å². The van der Waals surface area contributed by atoms with Gasteiger partial charge in [0, 0.05) is 0 Å². The fraction of sp³-hybridized carbons (Fsp3) is 1.00. The normalized spacial score (nSPS) is 16.3. The Kier molecular flexibility index (Phi) is 5.24. The van der Waals surface area contributed by atoms with Crippen molar-refractivity contribution in [3.63, 3.8) is 0 Å². The molecule has 0 aromatic carbocycles. The molecule has 0 aromatic heterocycles. The number of hydrogen-bond donors (Lipinski definition) is 0. The Morgan fingerprint density at radius 3 is 0.571 bits per heavy atom. The van der Waals surface area contributed by atoms with Crippen molar-refractivity contribution >= 4 is 0 Å². The molecular weight excluding hydrogens is 256 g/mol. The van der Waals surface area contributed by atoms with Gasteiger partial charge < -0.3 is 4.74 Å². The summed E-state index contributed by atoms with van der Waals surface area (Å²) in [5.74, 6) is 0. The lowest BCUT2D eigenvalue weighted by atomic mass is 9.59. The third kappa shape index (κ3) is 3.66. The molecule has 1 heteroatoms. The average molecular weight is 299 g/mol. The minimum atomic E-state index is -0.227. The van der Waals surface area contributed by atoms with Gasteiger partial charge in [0.25, 0.3) is 0 Å². The zero-order valence-corrected chi connectivity index (χ0v) is 17.4. The maximum atomic E-state index is 7.08. The average Bonchev–Trinajstić information content (AvgIpc) is 2.09. The van der Waals surface area contributed by atoms with Crippen LogP contribution in [0.3, 0.4) is 0 Å². The molecule has 0 N–H and O–H groups in total. The van der Waals surface area contributed by atoms with Crippen LogP contribution in [0.15, 0.2) is 0 Å². The molecule has 0 saturated carbocycles. The molecule has 0 aliphatic heterocycles. The second-order valence-electron chi connectivity index (χ2n) is 11.2. The van der Waals surface area contributed by atoms with Gasteiger partial charge in [-0.15, -0.1) is 0 Å². The first-order chi connectivity index (χ1) is 8.71. The fourth-order valence-corrected chi connectivity index (χ4v) is 3.27. The van der Waals surface area contributed by atoms with Gasteiger partial charge in [-0.3, -0.25) is 0 Å². The predicted molar refractivity (Wildman–Crippen MR) is 95.7 cm³/mol. The first-order valence-corrected chi connectivity index (χ1v) is 8.41. The molecule has 0 fully saturated rings. The summed E-state index contributed by atoms with van der Waals surface area (Å²) < 4.78 is 7.08. The van der Waals surface area contributed by atoms with Gasteiger partial charge in [-0.25, -0.2) is 0 Å². The molecule has 0 heterocycles. The molecule has 128 valence electrons. The van der Waals surface area contributed by atoms with E-state index in [1.54, 1.807) is 0 Å². The molecule has 0 bridgehead atoms. The minimum Gasteiger partial charge on any atom is -0.367 e. The van der Waals surface area contributed by atoms with Crippen LogP contribution >= 0.6 is 0 Å². The van der Waals surface area contributed by atoms with Crippen LogP contribution in [0, 0.1) is 21.7 Å². The van der Waals surface area contributed by atoms with E-state index < -0.39 is 0 Å². The number of hydrogen-bond acceptors (Lipinski definition) is 1. The second kappa shape index (κ2) is 5.25. The Hall–Kier alpha value is -0.0400. The van der Waals surface area contributed by atoms with Gasteiger partial charge in [0.15, 0.2) is 0 Å². The summed E-state index contributed by atoms with van der Waals surface area (Å²) in [4.78, 5) is 0. The topological polar surface area (TPSA) is 9.23 Å². The van der Waals surface area contributed by atoms with E-state index in [4.69, 9.17) is 4.74 Å². The van der Waals surface area contributed by atoms with Crippen molar-refractivity contribution in [3.8, 4) is 0 Å². The highest BCUT2D eigenvalue weighted by Gasteiger charge is 2.57. The zero-order valence-electron chi connectivity index (χ0n) is 17.4. The Bertz CT molecular complexity index is 285. The second-order valence-corrected chi connectivity index (χ2v) is 11.2. The van der Waals surface area contributed by atoms with E-state index in [0.717, 1.165) is 0 Å². The molecule has 0 aliphatic carbocycles. The van der Waals surface area contributed by atoms with Crippen molar-refractivity contribution in [2.24, 2.45) is 21.7 Å². The lowest BCUT2D eigenvalue weighted by Gasteiger charge is -2.61. The summed E-state index contributed by atoms with van der Waals surface area (Å²) in [5, 5.41) is 0. The van der Waals surface area contributed by atoms with Crippen LogP contribution in [0.4, 0.5) is 0 Å². The SMILES string of the molecule is CC(C)(C)C(C)(OC(C)(C(C)(C)C)C(C)(C)C)C(C)(C)C. The molecule has 0 amide bonds. The van der Waals surface area contributed by atoms with Crippen molar-refractivity contribution in [3.05, 3.63) is 0 Å². The van der Waals surface area contributed by atoms with Gasteiger partial charge >= 0.3 is 0 Å². The van der Waals surface area contributed by atoms with E-state index >= 15 is 0 Å². The lowest BCUT2D eigenvalue weighted by molar-refractivity contribution is -0.290. The van der Waals surface area contributed by atoms with Crippen molar-refractivity contribution in [2.75, 3.05) is 0 Å². The van der Waals surface area contributed by atoms with Crippen LogP contribution in [-0.4, -0.2) is 11.2 Å². The van der Waals surface area contributed by atoms with E-state index in [-0.39, 0.29) is 32.9 Å². The summed E-state index contributed by atoms with van der Waals surface area (Å²) in [6.07, 6.45) is 0. The van der Waals surface area contributed by atoms with Gasteiger partial charge in [0.1, 0.15) is 0 Å². The van der Waals surface area contributed by atoms with Crippen LogP contribution < -0.4 is 0 Å². The third-order valence-electron chi connectivity index (χ3n) is 6.13. The summed E-state index contributed by atoms with van der Waals surface area (Å²) in [6.45, 7) is 32.1. The number of ether oxygens (including phenoxy) is 1. The Balaban J connectivity index is 6.15. The smallest absolute Gasteiger partial charge is 0.0758 e. The molecule has 0 radical (unpaired) electrons. The molecule has 0 aromatic rings. The fourth-order valence-electron chi connectivity index (χ4n) is 3.27. The van der Waals surface area contributed by atoms with Gasteiger partial charge in [-0.05, 0) is 35.5 Å². The monoisotopic (exact) mass is 298 g/mol. The quantitative estimate of drug-likeness (QED) is 0.551. The summed E-state index contributed by atoms with van der Waals surface area (Å²) in [5.41, 5.74) is -0.220. The molecular formula is C20H42O. The molecule has 0 atom stereocenters. The van der Waals surface area contributed by atoms with E-state index in [2.05, 4.69) is 96.9 Å². The van der Waals surface area contributed by atoms with E-state index in [9.17, 15) is 0 Å². The van der Waals surface area contributed by atoms with Crippen molar-refractivity contribution in [1.82, 2.24) is 0 Å². The number of rotatable bonds is 2. The van der Waals surface area contributed by atoms with Gasteiger partial charge in [0.05, 0.1) is 11.2 Å². The largest absolute Gasteiger partial charge is 0.367 e. The maximum absolute atomic E-state index is 7.08. The molecule has 0 aliphatic rings. The Morgan fingerprint density at radius 1 is 0.333 bits per heavy atom. The standard InChI is InChI=1S/C20H42O/c1-15(2,3)19(13,16(4,5)6)21-20(14,17(7,8)9)18(10,11)12/h1-14H3. The van der Waals surface area contributed by atoms with Crippen LogP contribution in [0.1, 0.15) is 96.9 Å². The third-order valence-corrected chi connectivity index (χ3v) is 6.13.